The third-order valence-electron chi connectivity index (χ3n) is 13.7. The highest BCUT2D eigenvalue weighted by Gasteiger charge is 2.28. The maximum Gasteiger partial charge on any atom is 0.231 e. The van der Waals surface area contributed by atoms with Crippen LogP contribution in [0.15, 0.2) is 130 Å². The zero-order chi connectivity index (χ0) is 42.7. The lowest BCUT2D eigenvalue weighted by Gasteiger charge is -2.34. The van der Waals surface area contributed by atoms with E-state index in [1.54, 1.807) is 0 Å². The molecule has 4 aromatic heterocycles. The second-order valence-corrected chi connectivity index (χ2v) is 19.5. The van der Waals surface area contributed by atoms with Gasteiger partial charge in [-0.25, -0.2) is 9.97 Å². The molecule has 0 atom stereocenters. The fourth-order valence-corrected chi connectivity index (χ4v) is 10.0. The van der Waals surface area contributed by atoms with Crippen molar-refractivity contribution in [2.45, 2.75) is 85.5 Å². The predicted molar refractivity (Wildman–Crippen MR) is 254 cm³/mol. The number of nitrogens with zero attached hydrogens (tertiary/aromatic N) is 3. The molecule has 0 aliphatic heterocycles. The molecule has 0 saturated heterocycles. The number of phenols is 1. The Balaban J connectivity index is 1.05. The number of phenolic OH excluding ortho intramolecular Hbond substituents is 1. The molecular weight excluding hydrogens is 763 g/mol. The van der Waals surface area contributed by atoms with Crippen LogP contribution in [0.4, 0.5) is 0 Å². The average molecular weight is 814 g/mol. The van der Waals surface area contributed by atoms with E-state index in [4.69, 9.17) is 18.8 Å². The zero-order valence-electron chi connectivity index (χ0n) is 36.6. The van der Waals surface area contributed by atoms with Gasteiger partial charge in [0.1, 0.15) is 28.3 Å². The Labute approximate surface area is 362 Å². The van der Waals surface area contributed by atoms with Gasteiger partial charge in [0.2, 0.25) is 5.71 Å². The van der Waals surface area contributed by atoms with Crippen molar-refractivity contribution in [2.75, 3.05) is 0 Å². The number of hydrogen-bond acceptors (Lipinski definition) is 5. The van der Waals surface area contributed by atoms with Crippen molar-refractivity contribution in [3.05, 3.63) is 144 Å². The zero-order valence-corrected chi connectivity index (χ0v) is 36.6. The Hall–Kier alpha value is -6.66. The van der Waals surface area contributed by atoms with Gasteiger partial charge < -0.3 is 13.9 Å². The first-order valence-corrected chi connectivity index (χ1v) is 22.0. The Morgan fingerprint density at radius 2 is 1.32 bits per heavy atom. The summed E-state index contributed by atoms with van der Waals surface area (Å²) in [6.07, 6.45) is 5.01. The Morgan fingerprint density at radius 3 is 2.05 bits per heavy atom. The van der Waals surface area contributed by atoms with Gasteiger partial charge in [-0.2, -0.15) is 0 Å². The first-order chi connectivity index (χ1) is 29.8. The molecule has 1 aliphatic rings. The molecule has 0 unspecified atom stereocenters. The van der Waals surface area contributed by atoms with Crippen molar-refractivity contribution in [3.63, 3.8) is 0 Å². The number of fused-ring (bicyclic) bond motifs is 1. The lowest BCUT2D eigenvalue weighted by molar-refractivity contribution is 0.224. The first kappa shape index (κ1) is 38.3. The molecule has 308 valence electrons. The number of hydrogen-bond donors (Lipinski definition) is 1. The minimum absolute atomic E-state index is 0.160. The summed E-state index contributed by atoms with van der Waals surface area (Å²) in [6.45, 7) is 15.8. The molecule has 6 aromatic carbocycles. The summed E-state index contributed by atoms with van der Waals surface area (Å²) < 4.78 is 14.9. The number of imidazole rings is 1. The number of pyridine rings is 1. The van der Waals surface area contributed by atoms with Crippen molar-refractivity contribution in [1.29, 1.82) is 0 Å². The van der Waals surface area contributed by atoms with E-state index < -0.39 is 0 Å². The maximum atomic E-state index is 12.0. The van der Waals surface area contributed by atoms with Gasteiger partial charge in [0.25, 0.3) is 0 Å². The molecule has 1 saturated carbocycles. The molecule has 62 heavy (non-hydrogen) atoms. The van der Waals surface area contributed by atoms with E-state index in [1.807, 2.05) is 36.4 Å². The molecular formula is C56H51N3O3. The molecule has 0 spiro atoms. The minimum atomic E-state index is -0.160. The molecule has 0 bridgehead atoms. The lowest BCUT2D eigenvalue weighted by Crippen LogP contribution is -2.20. The van der Waals surface area contributed by atoms with Gasteiger partial charge in [0.15, 0.2) is 0 Å². The van der Waals surface area contributed by atoms with Gasteiger partial charge in [-0.1, -0.05) is 107 Å². The minimum Gasteiger partial charge on any atom is -0.507 e. The highest BCUT2D eigenvalue weighted by Crippen LogP contribution is 2.45. The van der Waals surface area contributed by atoms with Crippen LogP contribution in [0.1, 0.15) is 88.5 Å². The van der Waals surface area contributed by atoms with E-state index in [9.17, 15) is 5.11 Å². The molecule has 1 fully saturated rings. The Kier molecular flexibility index (Phi) is 8.60. The van der Waals surface area contributed by atoms with Crippen LogP contribution in [0.3, 0.4) is 0 Å². The fraction of sp³-hybridized carbons (Fsp3) is 0.250. The normalized spacial score (nSPS) is 14.9. The van der Waals surface area contributed by atoms with Gasteiger partial charge >= 0.3 is 0 Å². The number of aryl methyl sites for hydroxylation is 2. The highest BCUT2D eigenvalue weighted by molar-refractivity contribution is 6.19. The molecule has 4 heterocycles. The van der Waals surface area contributed by atoms with Gasteiger partial charge in [0.05, 0.1) is 38.8 Å². The number of rotatable bonds is 6. The van der Waals surface area contributed by atoms with Crippen molar-refractivity contribution >= 4 is 44.3 Å². The van der Waals surface area contributed by atoms with Crippen LogP contribution < -0.4 is 0 Å². The number of aromatic nitrogens is 3. The summed E-state index contributed by atoms with van der Waals surface area (Å²) in [5, 5.41) is 13.9. The average Bonchev–Trinajstić information content (AvgIpc) is 3.95. The SMILES string of the molecule is Cc1cccc(C)c1-n1c(-c2ccc(-c3ccc(C4CCC(C)(C)CC4)cc3)cc2O)nc2c(-c3cc(-c4cc5oc6cccc7oc(n4)c5c67)cc(C(C)(C)C)c3)cccc21. The van der Waals surface area contributed by atoms with Gasteiger partial charge in [-0.05, 0) is 138 Å². The van der Waals surface area contributed by atoms with Crippen LogP contribution in [-0.4, -0.2) is 19.6 Å². The fourth-order valence-electron chi connectivity index (χ4n) is 10.0. The van der Waals surface area contributed by atoms with E-state index >= 15 is 0 Å². The second-order valence-electron chi connectivity index (χ2n) is 19.5. The van der Waals surface area contributed by atoms with E-state index in [0.29, 0.717) is 28.4 Å². The number of para-hydroxylation sites is 2. The van der Waals surface area contributed by atoms with Gasteiger partial charge in [0, 0.05) is 17.2 Å². The second kappa shape index (κ2) is 13.9. The standard InChI is InChI=1S/C56H51N3O3/c1-32-11-8-12-33(2)52(32)59-44-14-9-13-41(38-27-39(29-40(28-38)55(3,4)5)43-31-48-50-49-46(61-48)15-10-16-47(49)62-54(50)57-43)51(44)58-53(59)42-22-21-37(30-45(42)60)35-19-17-34(18-20-35)36-23-25-56(6,7)26-24-36/h8-22,27-31,36,60H,23-26H2,1-7H3. The molecule has 0 amide bonds. The van der Waals surface area contributed by atoms with E-state index in [-0.39, 0.29) is 11.2 Å². The van der Waals surface area contributed by atoms with Crippen molar-refractivity contribution in [3.8, 4) is 56.3 Å². The smallest absolute Gasteiger partial charge is 0.231 e. The summed E-state index contributed by atoms with van der Waals surface area (Å²) in [5.41, 5.74) is 17.4. The van der Waals surface area contributed by atoms with Crippen LogP contribution in [-0.2, 0) is 5.41 Å². The van der Waals surface area contributed by atoms with E-state index in [1.165, 1.54) is 36.8 Å². The largest absolute Gasteiger partial charge is 0.507 e. The third-order valence-corrected chi connectivity index (χ3v) is 13.7. The molecule has 11 rings (SSSR count). The van der Waals surface area contributed by atoms with E-state index in [2.05, 4.69) is 138 Å². The first-order valence-electron chi connectivity index (χ1n) is 22.0. The maximum absolute atomic E-state index is 12.0. The number of aromatic hydroxyl groups is 1. The van der Waals surface area contributed by atoms with Crippen LogP contribution in [0, 0.1) is 19.3 Å². The van der Waals surface area contributed by atoms with Crippen molar-refractivity contribution in [2.24, 2.45) is 5.41 Å². The van der Waals surface area contributed by atoms with Crippen molar-refractivity contribution in [1.82, 2.24) is 14.5 Å². The van der Waals surface area contributed by atoms with E-state index in [0.717, 1.165) is 88.9 Å². The quantitative estimate of drug-likeness (QED) is 0.181. The lowest BCUT2D eigenvalue weighted by atomic mass is 9.71. The third kappa shape index (κ3) is 6.30. The summed E-state index contributed by atoms with van der Waals surface area (Å²) in [7, 11) is 0. The monoisotopic (exact) mass is 813 g/mol. The van der Waals surface area contributed by atoms with Crippen LogP contribution in [0.2, 0.25) is 0 Å². The molecule has 0 radical (unpaired) electrons. The summed E-state index contributed by atoms with van der Waals surface area (Å²) in [5.74, 6) is 1.49. The van der Waals surface area contributed by atoms with Crippen molar-refractivity contribution < 1.29 is 13.9 Å². The number of benzene rings is 6. The summed E-state index contributed by atoms with van der Waals surface area (Å²) in [6, 6.07) is 42.5. The Bertz CT molecular complexity index is 3260. The number of furan rings is 2. The topological polar surface area (TPSA) is 77.2 Å². The summed E-state index contributed by atoms with van der Waals surface area (Å²) in [4.78, 5) is 10.6. The molecule has 1 aliphatic carbocycles. The van der Waals surface area contributed by atoms with Gasteiger partial charge in [-0.3, -0.25) is 4.57 Å². The highest BCUT2D eigenvalue weighted by atomic mass is 16.4. The predicted octanol–water partition coefficient (Wildman–Crippen LogP) is 15.5. The molecule has 6 heteroatoms. The molecule has 6 nitrogen and oxygen atoms in total. The molecule has 10 aromatic rings. The van der Waals surface area contributed by atoms with Crippen LogP contribution in [0.5, 0.6) is 5.75 Å². The Morgan fingerprint density at radius 1 is 0.645 bits per heavy atom. The van der Waals surface area contributed by atoms with Crippen LogP contribution in [0.25, 0.3) is 94.9 Å². The molecule has 1 N–H and O–H groups in total. The van der Waals surface area contributed by atoms with Crippen LogP contribution >= 0.6 is 0 Å². The van der Waals surface area contributed by atoms with Gasteiger partial charge in [-0.15, -0.1) is 0 Å². The summed E-state index contributed by atoms with van der Waals surface area (Å²) >= 11 is 0.